The normalized spacial score (nSPS) is 25.1. The van der Waals surface area contributed by atoms with Gasteiger partial charge >= 0.3 is 0 Å². The van der Waals surface area contributed by atoms with Crippen LogP contribution in [0.3, 0.4) is 0 Å². The third-order valence-electron chi connectivity index (χ3n) is 5.70. The number of rotatable bonds is 1. The van der Waals surface area contributed by atoms with Gasteiger partial charge in [-0.3, -0.25) is 9.59 Å². The van der Waals surface area contributed by atoms with Gasteiger partial charge in [0, 0.05) is 29.3 Å². The number of amides is 1. The van der Waals surface area contributed by atoms with Crippen molar-refractivity contribution in [2.24, 2.45) is 16.6 Å². The number of hydrogen-bond donors (Lipinski definition) is 1. The van der Waals surface area contributed by atoms with Crippen molar-refractivity contribution in [3.8, 4) is 0 Å². The Bertz CT molecular complexity index is 953. The molecule has 1 aliphatic carbocycles. The summed E-state index contributed by atoms with van der Waals surface area (Å²) in [5.74, 6) is 0.772. The van der Waals surface area contributed by atoms with Crippen LogP contribution >= 0.6 is 0 Å². The maximum Gasteiger partial charge on any atom is 0.257 e. The van der Waals surface area contributed by atoms with E-state index in [1.807, 2.05) is 56.0 Å². The zero-order valence-electron chi connectivity index (χ0n) is 15.5. The minimum atomic E-state index is -0.490. The Kier molecular flexibility index (Phi) is 3.55. The minimum absolute atomic E-state index is 0.00345. The Morgan fingerprint density at radius 3 is 2.81 bits per heavy atom. The van der Waals surface area contributed by atoms with Crippen molar-refractivity contribution in [2.45, 2.75) is 33.6 Å². The first-order valence-electron chi connectivity index (χ1n) is 9.02. The molecular formula is C21H24N2O3. The standard InChI is InChI=1S/C21H24N2O3/c1-13-9-14-5-4-6-15(17(14)26-13)19(25)23-8-7-21(12-23)10-16(22)18(24)20(2,3)11-21/h4-6,9-10H,7-8,11-12,22H2,1-3H3/t21-/m1/s1. The molecule has 5 heteroatoms. The van der Waals surface area contributed by atoms with Crippen molar-refractivity contribution in [1.29, 1.82) is 0 Å². The summed E-state index contributed by atoms with van der Waals surface area (Å²) in [6.07, 6.45) is 3.43. The number of ketones is 1. The Hall–Kier alpha value is -2.56. The van der Waals surface area contributed by atoms with Gasteiger partial charge in [0.1, 0.15) is 11.3 Å². The van der Waals surface area contributed by atoms with E-state index < -0.39 is 5.41 Å². The number of aryl methyl sites for hydroxylation is 1. The molecular weight excluding hydrogens is 328 g/mol. The van der Waals surface area contributed by atoms with Crippen LogP contribution in [0.4, 0.5) is 0 Å². The van der Waals surface area contributed by atoms with Gasteiger partial charge < -0.3 is 15.1 Å². The molecule has 26 heavy (non-hydrogen) atoms. The van der Waals surface area contributed by atoms with Crippen LogP contribution in [-0.2, 0) is 4.79 Å². The molecule has 5 nitrogen and oxygen atoms in total. The summed E-state index contributed by atoms with van der Waals surface area (Å²) in [7, 11) is 0. The van der Waals surface area contributed by atoms with Crippen molar-refractivity contribution in [3.05, 3.63) is 47.4 Å². The van der Waals surface area contributed by atoms with Crippen molar-refractivity contribution >= 4 is 22.7 Å². The van der Waals surface area contributed by atoms with E-state index in [0.29, 0.717) is 36.4 Å². The van der Waals surface area contributed by atoms with Crippen LogP contribution in [0, 0.1) is 17.8 Å². The number of fused-ring (bicyclic) bond motifs is 1. The summed E-state index contributed by atoms with van der Waals surface area (Å²) in [6.45, 7) is 7.00. The van der Waals surface area contributed by atoms with Gasteiger partial charge in [-0.1, -0.05) is 26.0 Å². The molecule has 2 N–H and O–H groups in total. The third kappa shape index (κ3) is 2.54. The topological polar surface area (TPSA) is 76.5 Å². The van der Waals surface area contributed by atoms with Crippen molar-refractivity contribution in [2.75, 3.05) is 13.1 Å². The first-order valence-corrected chi connectivity index (χ1v) is 9.02. The summed E-state index contributed by atoms with van der Waals surface area (Å²) < 4.78 is 5.76. The van der Waals surface area contributed by atoms with E-state index in [1.165, 1.54) is 0 Å². The molecule has 1 aliphatic heterocycles. The molecule has 0 saturated carbocycles. The summed E-state index contributed by atoms with van der Waals surface area (Å²) in [5, 5.41) is 0.941. The quantitative estimate of drug-likeness (QED) is 0.853. The van der Waals surface area contributed by atoms with Crippen molar-refractivity contribution in [1.82, 2.24) is 4.90 Å². The van der Waals surface area contributed by atoms with Gasteiger partial charge in [-0.15, -0.1) is 0 Å². The Morgan fingerprint density at radius 2 is 2.08 bits per heavy atom. The molecule has 1 saturated heterocycles. The highest BCUT2D eigenvalue weighted by Gasteiger charge is 2.48. The fourth-order valence-electron chi connectivity index (χ4n) is 4.66. The van der Waals surface area contributed by atoms with Gasteiger partial charge in [0.05, 0.1) is 11.3 Å². The molecule has 1 fully saturated rings. The van der Waals surface area contributed by atoms with Gasteiger partial charge in [-0.25, -0.2) is 0 Å². The number of allylic oxidation sites excluding steroid dienone is 1. The number of benzene rings is 1. The summed E-state index contributed by atoms with van der Waals surface area (Å²) in [4.78, 5) is 27.3. The Labute approximate surface area is 152 Å². The molecule has 1 spiro atoms. The zero-order chi connectivity index (χ0) is 18.7. The molecule has 1 atom stereocenters. The number of likely N-dealkylation sites (tertiary alicyclic amines) is 1. The van der Waals surface area contributed by atoms with Gasteiger partial charge in [-0.2, -0.15) is 0 Å². The van der Waals surface area contributed by atoms with Gasteiger partial charge in [0.25, 0.3) is 5.91 Å². The lowest BCUT2D eigenvalue weighted by atomic mass is 9.65. The number of carbonyl (C=O) groups excluding carboxylic acids is 2. The van der Waals surface area contributed by atoms with Gasteiger partial charge in [-0.05, 0) is 38.0 Å². The SMILES string of the molecule is Cc1cc2cccc(C(=O)N3CC[C@]4(C=C(N)C(=O)C(C)(C)C4)C3)c2o1. The van der Waals surface area contributed by atoms with Crippen LogP contribution in [0.15, 0.2) is 40.5 Å². The molecule has 2 heterocycles. The first-order chi connectivity index (χ1) is 12.2. The second-order valence-corrected chi connectivity index (χ2v) is 8.41. The average molecular weight is 352 g/mol. The number of para-hydroxylation sites is 1. The molecule has 2 aliphatic rings. The number of nitrogens with two attached hydrogens (primary N) is 1. The highest BCUT2D eigenvalue weighted by atomic mass is 16.3. The van der Waals surface area contributed by atoms with E-state index in [0.717, 1.165) is 17.6 Å². The molecule has 4 rings (SSSR count). The zero-order valence-corrected chi connectivity index (χ0v) is 15.5. The molecule has 1 aromatic heterocycles. The summed E-state index contributed by atoms with van der Waals surface area (Å²) >= 11 is 0. The van der Waals surface area contributed by atoms with E-state index in [9.17, 15) is 9.59 Å². The Balaban J connectivity index is 1.65. The first kappa shape index (κ1) is 16.9. The van der Waals surface area contributed by atoms with Crippen molar-refractivity contribution in [3.63, 3.8) is 0 Å². The lowest BCUT2D eigenvalue weighted by molar-refractivity contribution is -0.125. The largest absolute Gasteiger partial charge is 0.461 e. The number of nitrogens with zero attached hydrogens (tertiary/aromatic N) is 1. The maximum atomic E-state index is 13.2. The predicted molar refractivity (Wildman–Crippen MR) is 99.6 cm³/mol. The van der Waals surface area contributed by atoms with Crippen LogP contribution in [0.1, 0.15) is 42.8 Å². The molecule has 0 radical (unpaired) electrons. The second-order valence-electron chi connectivity index (χ2n) is 8.41. The fourth-order valence-corrected chi connectivity index (χ4v) is 4.66. The molecule has 2 aromatic rings. The van der Waals surface area contributed by atoms with Gasteiger partial charge in [0.15, 0.2) is 5.78 Å². The number of furan rings is 1. The molecule has 0 bridgehead atoms. The number of hydrogen-bond acceptors (Lipinski definition) is 4. The van der Waals surface area contributed by atoms with E-state index in [4.69, 9.17) is 10.2 Å². The molecule has 0 unspecified atom stereocenters. The predicted octanol–water partition coefficient (Wildman–Crippen LogP) is 3.42. The van der Waals surface area contributed by atoms with E-state index in [1.54, 1.807) is 0 Å². The van der Waals surface area contributed by atoms with Crippen LogP contribution in [0.2, 0.25) is 0 Å². The molecule has 1 amide bonds. The third-order valence-corrected chi connectivity index (χ3v) is 5.70. The highest BCUT2D eigenvalue weighted by molar-refractivity contribution is 6.05. The monoisotopic (exact) mass is 352 g/mol. The smallest absolute Gasteiger partial charge is 0.257 e. The van der Waals surface area contributed by atoms with Crippen molar-refractivity contribution < 1.29 is 14.0 Å². The molecule has 136 valence electrons. The molecule has 1 aromatic carbocycles. The summed E-state index contributed by atoms with van der Waals surface area (Å²) in [6, 6.07) is 7.59. The number of Topliss-reactive ketones (excluding diaryl/α,β-unsaturated/α-hetero) is 1. The fraction of sp³-hybridized carbons (Fsp3) is 0.429. The lowest BCUT2D eigenvalue weighted by Crippen LogP contribution is -2.42. The van der Waals surface area contributed by atoms with Crippen LogP contribution in [0.5, 0.6) is 0 Å². The maximum absolute atomic E-state index is 13.2. The van der Waals surface area contributed by atoms with Crippen LogP contribution in [-0.4, -0.2) is 29.7 Å². The number of carbonyl (C=O) groups is 2. The highest BCUT2D eigenvalue weighted by Crippen LogP contribution is 2.47. The summed E-state index contributed by atoms with van der Waals surface area (Å²) in [5.41, 5.74) is 6.87. The van der Waals surface area contributed by atoms with Gasteiger partial charge in [0.2, 0.25) is 0 Å². The van der Waals surface area contributed by atoms with E-state index in [-0.39, 0.29) is 17.1 Å². The average Bonchev–Trinajstić information content (AvgIpc) is 3.14. The van der Waals surface area contributed by atoms with Crippen LogP contribution in [0.25, 0.3) is 11.0 Å². The van der Waals surface area contributed by atoms with E-state index >= 15 is 0 Å². The van der Waals surface area contributed by atoms with Crippen LogP contribution < -0.4 is 5.73 Å². The Morgan fingerprint density at radius 1 is 1.31 bits per heavy atom. The minimum Gasteiger partial charge on any atom is -0.461 e. The lowest BCUT2D eigenvalue weighted by Gasteiger charge is -2.39. The van der Waals surface area contributed by atoms with E-state index in [2.05, 4.69) is 0 Å². The second kappa shape index (κ2) is 5.47.